The predicted octanol–water partition coefficient (Wildman–Crippen LogP) is 3.18. The highest BCUT2D eigenvalue weighted by Gasteiger charge is 2.02. The van der Waals surface area contributed by atoms with Gasteiger partial charge in [-0.1, -0.05) is 28.1 Å². The van der Waals surface area contributed by atoms with Crippen molar-refractivity contribution < 1.29 is 4.39 Å². The first-order chi connectivity index (χ1) is 6.27. The summed E-state index contributed by atoms with van der Waals surface area (Å²) in [5, 5.41) is 9.08. The van der Waals surface area contributed by atoms with Crippen molar-refractivity contribution in [3.8, 4) is 6.07 Å². The molecule has 0 aromatic heterocycles. The van der Waals surface area contributed by atoms with E-state index in [0.29, 0.717) is 23.7 Å². The maximum atomic E-state index is 13.1. The quantitative estimate of drug-likeness (QED) is 0.746. The molecule has 0 bridgehead atoms. The summed E-state index contributed by atoms with van der Waals surface area (Å²) in [5.41, 5.74) is 1.66. The van der Waals surface area contributed by atoms with E-state index in [2.05, 4.69) is 15.9 Å². The number of benzene rings is 1. The van der Waals surface area contributed by atoms with Crippen LogP contribution in [-0.2, 0) is 11.8 Å². The van der Waals surface area contributed by atoms with E-state index in [9.17, 15) is 4.39 Å². The van der Waals surface area contributed by atoms with E-state index in [1.807, 2.05) is 6.07 Å². The van der Waals surface area contributed by atoms with Gasteiger partial charge in [-0.3, -0.25) is 0 Å². The van der Waals surface area contributed by atoms with Crippen LogP contribution in [0.4, 0.5) is 4.39 Å². The van der Waals surface area contributed by atoms with E-state index in [1.165, 1.54) is 6.07 Å². The minimum Gasteiger partial charge on any atom is -0.207 e. The van der Waals surface area contributed by atoms with Gasteiger partial charge >= 0.3 is 0 Å². The SMILES string of the molecule is N#CCCc1cc(CBr)ccc1F. The Bertz CT molecular complexity index is 330. The second-order valence-electron chi connectivity index (χ2n) is 2.72. The molecule has 0 aliphatic rings. The molecule has 3 heteroatoms. The maximum absolute atomic E-state index is 13.1. The predicted molar refractivity (Wildman–Crippen MR) is 53.0 cm³/mol. The van der Waals surface area contributed by atoms with Gasteiger partial charge in [-0.25, -0.2) is 4.39 Å². The molecule has 1 rings (SSSR count). The van der Waals surface area contributed by atoms with Gasteiger partial charge in [-0.05, 0) is 23.6 Å². The number of halogens is 2. The van der Waals surface area contributed by atoms with E-state index < -0.39 is 0 Å². The zero-order valence-electron chi connectivity index (χ0n) is 7.06. The van der Waals surface area contributed by atoms with Gasteiger partial charge in [0.2, 0.25) is 0 Å². The van der Waals surface area contributed by atoms with Crippen LogP contribution in [-0.4, -0.2) is 0 Å². The summed E-state index contributed by atoms with van der Waals surface area (Å²) in [6.07, 6.45) is 0.853. The van der Waals surface area contributed by atoms with Crippen molar-refractivity contribution in [3.63, 3.8) is 0 Å². The van der Waals surface area contributed by atoms with Gasteiger partial charge in [-0.2, -0.15) is 5.26 Å². The number of nitriles is 1. The molecule has 0 aliphatic heterocycles. The summed E-state index contributed by atoms with van der Waals surface area (Å²) in [6, 6.07) is 6.98. The molecule has 1 aromatic rings. The zero-order chi connectivity index (χ0) is 9.68. The van der Waals surface area contributed by atoms with Gasteiger partial charge in [-0.15, -0.1) is 0 Å². The van der Waals surface area contributed by atoms with Crippen LogP contribution in [0.3, 0.4) is 0 Å². The lowest BCUT2D eigenvalue weighted by Crippen LogP contribution is -1.91. The number of hydrogen-bond donors (Lipinski definition) is 0. The van der Waals surface area contributed by atoms with E-state index in [0.717, 1.165) is 5.56 Å². The molecule has 13 heavy (non-hydrogen) atoms. The van der Waals surface area contributed by atoms with Crippen molar-refractivity contribution in [2.75, 3.05) is 0 Å². The Morgan fingerprint density at radius 1 is 1.46 bits per heavy atom. The molecule has 68 valence electrons. The fourth-order valence-electron chi connectivity index (χ4n) is 1.09. The van der Waals surface area contributed by atoms with Crippen LogP contribution in [0.2, 0.25) is 0 Å². The van der Waals surface area contributed by atoms with Gasteiger partial charge in [0.05, 0.1) is 6.07 Å². The highest BCUT2D eigenvalue weighted by atomic mass is 79.9. The highest BCUT2D eigenvalue weighted by Crippen LogP contribution is 2.14. The summed E-state index contributed by atoms with van der Waals surface area (Å²) < 4.78 is 13.1. The van der Waals surface area contributed by atoms with Gasteiger partial charge in [0.15, 0.2) is 0 Å². The Morgan fingerprint density at radius 2 is 2.23 bits per heavy atom. The second kappa shape index (κ2) is 4.98. The lowest BCUT2D eigenvalue weighted by molar-refractivity contribution is 0.609. The smallest absolute Gasteiger partial charge is 0.126 e. The Labute approximate surface area is 85.3 Å². The van der Waals surface area contributed by atoms with Crippen molar-refractivity contribution in [2.45, 2.75) is 18.2 Å². The third kappa shape index (κ3) is 2.82. The average molecular weight is 242 g/mol. The lowest BCUT2D eigenvalue weighted by atomic mass is 10.1. The number of alkyl halides is 1. The molecule has 0 aliphatic carbocycles. The van der Waals surface area contributed by atoms with Crippen LogP contribution in [0.1, 0.15) is 17.5 Å². The van der Waals surface area contributed by atoms with Crippen molar-refractivity contribution in [2.24, 2.45) is 0 Å². The minimum absolute atomic E-state index is 0.222. The van der Waals surface area contributed by atoms with Crippen LogP contribution in [0.5, 0.6) is 0 Å². The molecule has 1 aromatic carbocycles. The Balaban J connectivity index is 2.85. The van der Waals surface area contributed by atoms with Crippen LogP contribution in [0.25, 0.3) is 0 Å². The molecule has 0 atom stereocenters. The average Bonchev–Trinajstić information content (AvgIpc) is 2.17. The topological polar surface area (TPSA) is 23.8 Å². The summed E-state index contributed by atoms with van der Waals surface area (Å²) >= 11 is 3.30. The van der Waals surface area contributed by atoms with Crippen molar-refractivity contribution in [3.05, 3.63) is 35.1 Å². The summed E-state index contributed by atoms with van der Waals surface area (Å²) in [5.74, 6) is -0.222. The number of rotatable bonds is 3. The van der Waals surface area contributed by atoms with Crippen molar-refractivity contribution in [1.29, 1.82) is 5.26 Å². The number of aryl methyl sites for hydroxylation is 1. The first-order valence-corrected chi connectivity index (χ1v) is 5.10. The molecule has 1 nitrogen and oxygen atoms in total. The van der Waals surface area contributed by atoms with Crippen LogP contribution < -0.4 is 0 Å². The maximum Gasteiger partial charge on any atom is 0.126 e. The van der Waals surface area contributed by atoms with E-state index in [-0.39, 0.29) is 5.82 Å². The van der Waals surface area contributed by atoms with Crippen molar-refractivity contribution >= 4 is 15.9 Å². The molecule has 0 unspecified atom stereocenters. The number of nitrogens with zero attached hydrogens (tertiary/aromatic N) is 1. The zero-order valence-corrected chi connectivity index (χ0v) is 8.64. The Hall–Kier alpha value is -0.880. The van der Waals surface area contributed by atoms with Crippen LogP contribution in [0.15, 0.2) is 18.2 Å². The molecule has 0 saturated heterocycles. The molecule has 0 radical (unpaired) electrons. The lowest BCUT2D eigenvalue weighted by Gasteiger charge is -2.02. The molecule has 0 amide bonds. The summed E-state index contributed by atoms with van der Waals surface area (Å²) in [7, 11) is 0. The molecular formula is C10H9BrFN. The molecule has 0 saturated carbocycles. The normalized spacial score (nSPS) is 9.62. The molecule has 0 N–H and O–H groups in total. The Kier molecular flexibility index (Phi) is 3.91. The first kappa shape index (κ1) is 10.2. The van der Waals surface area contributed by atoms with E-state index in [1.54, 1.807) is 12.1 Å². The van der Waals surface area contributed by atoms with E-state index >= 15 is 0 Å². The summed E-state index contributed by atoms with van der Waals surface area (Å²) in [6.45, 7) is 0. The molecule has 0 fully saturated rings. The first-order valence-electron chi connectivity index (χ1n) is 3.98. The molecule has 0 heterocycles. The summed E-state index contributed by atoms with van der Waals surface area (Å²) in [4.78, 5) is 0. The molecular weight excluding hydrogens is 233 g/mol. The van der Waals surface area contributed by atoms with Gasteiger partial charge in [0.25, 0.3) is 0 Å². The van der Waals surface area contributed by atoms with E-state index in [4.69, 9.17) is 5.26 Å². The van der Waals surface area contributed by atoms with Gasteiger partial charge < -0.3 is 0 Å². The molecule has 0 spiro atoms. The largest absolute Gasteiger partial charge is 0.207 e. The van der Waals surface area contributed by atoms with Gasteiger partial charge in [0.1, 0.15) is 5.82 Å². The monoisotopic (exact) mass is 241 g/mol. The third-order valence-electron chi connectivity index (χ3n) is 1.77. The Morgan fingerprint density at radius 3 is 2.85 bits per heavy atom. The second-order valence-corrected chi connectivity index (χ2v) is 3.28. The third-order valence-corrected chi connectivity index (χ3v) is 2.42. The fraction of sp³-hybridized carbons (Fsp3) is 0.300. The highest BCUT2D eigenvalue weighted by molar-refractivity contribution is 9.08. The van der Waals surface area contributed by atoms with Gasteiger partial charge in [0, 0.05) is 11.8 Å². The minimum atomic E-state index is -0.222. The standard InChI is InChI=1S/C10H9BrFN/c11-7-8-3-4-10(12)9(6-8)2-1-5-13/h3-4,6H,1-2,7H2. The van der Waals surface area contributed by atoms with Crippen LogP contribution in [0, 0.1) is 17.1 Å². The number of hydrogen-bond acceptors (Lipinski definition) is 1. The van der Waals surface area contributed by atoms with Crippen LogP contribution >= 0.6 is 15.9 Å². The fourth-order valence-corrected chi connectivity index (χ4v) is 1.44. The van der Waals surface area contributed by atoms with Crippen molar-refractivity contribution in [1.82, 2.24) is 0 Å².